The molecule has 2 aliphatic rings. The summed E-state index contributed by atoms with van der Waals surface area (Å²) in [6, 6.07) is 34.5. The number of benzene rings is 4. The number of ether oxygens (including phenoxy) is 6. The van der Waals surface area contributed by atoms with E-state index in [1.54, 1.807) is 41.5 Å². The van der Waals surface area contributed by atoms with E-state index >= 15 is 0 Å². The molecule has 6 atom stereocenters. The van der Waals surface area contributed by atoms with Crippen molar-refractivity contribution in [1.82, 2.24) is 46.2 Å². The van der Waals surface area contributed by atoms with Gasteiger partial charge >= 0.3 is 42.3 Å². The highest BCUT2D eigenvalue weighted by atomic mass is 16.6. The van der Waals surface area contributed by atoms with Gasteiger partial charge in [-0.15, -0.1) is 0 Å². The first kappa shape index (κ1) is 84.1. The van der Waals surface area contributed by atoms with Gasteiger partial charge in [0.05, 0.1) is 26.3 Å². The molecule has 0 aromatic heterocycles. The number of carbonyl (C=O) groups excluding carboxylic acids is 9. The number of amides is 7. The third-order valence-electron chi connectivity index (χ3n) is 16.2. The molecule has 0 bridgehead atoms. The molecule has 7 amide bonds. The highest BCUT2D eigenvalue weighted by molar-refractivity contribution is 5.89. The normalized spacial score (nSPS) is 15.5. The van der Waals surface area contributed by atoms with Crippen LogP contribution in [0.3, 0.4) is 0 Å². The largest absolute Gasteiger partial charge is 0.480 e. The van der Waals surface area contributed by atoms with Crippen molar-refractivity contribution in [2.75, 3.05) is 67.6 Å². The minimum absolute atomic E-state index is 0.0464. The number of alkyl carbamates (subject to hydrolysis) is 2. The molecule has 2 aliphatic heterocycles. The van der Waals surface area contributed by atoms with Crippen LogP contribution in [0.2, 0.25) is 0 Å². The van der Waals surface area contributed by atoms with Crippen molar-refractivity contribution < 1.29 is 81.5 Å². The van der Waals surface area contributed by atoms with E-state index in [0.717, 1.165) is 60.5 Å². The minimum Gasteiger partial charge on any atom is -0.480 e. The first-order valence-corrected chi connectivity index (χ1v) is 34.5. The number of likely N-dealkylation sites (N-methyl/N-ethyl adjacent to an activating group) is 2. The molecule has 6 rings (SSSR count). The van der Waals surface area contributed by atoms with E-state index in [-0.39, 0.29) is 56.5 Å². The molecule has 0 radical (unpaired) electrons. The lowest BCUT2D eigenvalue weighted by atomic mass is 10.1. The monoisotopic (exact) mass is 1410 g/mol. The summed E-state index contributed by atoms with van der Waals surface area (Å²) in [6.45, 7) is 14.8. The van der Waals surface area contributed by atoms with Gasteiger partial charge in [-0.2, -0.15) is 0 Å². The van der Waals surface area contributed by atoms with Crippen LogP contribution in [-0.4, -0.2) is 200 Å². The second kappa shape index (κ2) is 44.7. The number of carboxylic acid groups (broad SMARTS) is 1. The quantitative estimate of drug-likeness (QED) is 0.0134. The zero-order valence-corrected chi connectivity index (χ0v) is 60.4. The number of nitrogens with zero attached hydrogens (tertiary/aromatic N) is 4. The fourth-order valence-corrected chi connectivity index (χ4v) is 11.0. The summed E-state index contributed by atoms with van der Waals surface area (Å²) < 4.78 is 30.7. The summed E-state index contributed by atoms with van der Waals surface area (Å²) in [5, 5.41) is 23.1. The number of carboxylic acids is 1. The van der Waals surface area contributed by atoms with E-state index < -0.39 is 83.6 Å². The average molecular weight is 1410 g/mol. The van der Waals surface area contributed by atoms with Crippen LogP contribution in [0.4, 0.5) is 19.2 Å². The number of aliphatic carboxylic acids is 1. The summed E-state index contributed by atoms with van der Waals surface area (Å²) in [7, 11) is 5.47. The Morgan fingerprint density at radius 3 is 1.24 bits per heavy atom. The maximum absolute atomic E-state index is 13.5. The number of hydrogen-bond acceptors (Lipinski definition) is 19. The predicted octanol–water partition coefficient (Wildman–Crippen LogP) is 8.21. The third kappa shape index (κ3) is 32.7. The molecule has 0 spiro atoms. The molecule has 556 valence electrons. The molecule has 0 saturated carbocycles. The molecule has 4 aromatic carbocycles. The van der Waals surface area contributed by atoms with Gasteiger partial charge in [0, 0.05) is 46.8 Å². The Bertz CT molecular complexity index is 3180. The smallest absolute Gasteiger partial charge is 0.410 e. The van der Waals surface area contributed by atoms with Crippen LogP contribution >= 0.6 is 0 Å². The van der Waals surface area contributed by atoms with Crippen molar-refractivity contribution >= 4 is 60.0 Å². The number of hydrogen-bond donors (Lipinski definition) is 7. The number of esters is 2. The highest BCUT2D eigenvalue weighted by Crippen LogP contribution is 2.23. The SMILES string of the molecule is CN(C(=O)OC(C)(C)C)[C@@H](CCCCNC(=O)OCc1ccccc1)C(=O)O.COC(=O)[C@H](CCN)NC(=O)[C@@H]1CCCN1Cc1ccccc1.COC(=O)[C@H](CCNC(=O)[C@H](CCCCNC(=O)OCc1ccccc1)N(C)C(=O)OC(C)(C)C)NC(=O)[C@@H]1CCCN1Cc1ccccc1. The Kier molecular flexibility index (Phi) is 37.2. The maximum Gasteiger partial charge on any atom is 0.410 e. The van der Waals surface area contributed by atoms with Crippen molar-refractivity contribution in [3.05, 3.63) is 144 Å². The van der Waals surface area contributed by atoms with Gasteiger partial charge in [0.25, 0.3) is 0 Å². The lowest BCUT2D eigenvalue weighted by molar-refractivity contribution is -0.146. The lowest BCUT2D eigenvalue weighted by Crippen LogP contribution is -2.52. The molecule has 101 heavy (non-hydrogen) atoms. The van der Waals surface area contributed by atoms with Gasteiger partial charge in [0.2, 0.25) is 17.7 Å². The van der Waals surface area contributed by atoms with E-state index in [4.69, 9.17) is 34.2 Å². The van der Waals surface area contributed by atoms with Gasteiger partial charge in [-0.25, -0.2) is 33.6 Å². The van der Waals surface area contributed by atoms with Gasteiger partial charge in [0.15, 0.2) is 0 Å². The van der Waals surface area contributed by atoms with E-state index in [2.05, 4.69) is 48.5 Å². The zero-order chi connectivity index (χ0) is 74.3. The number of unbranched alkanes of at least 4 members (excludes halogenated alkanes) is 2. The molecule has 27 nitrogen and oxygen atoms in total. The van der Waals surface area contributed by atoms with Crippen LogP contribution in [0.25, 0.3) is 0 Å². The van der Waals surface area contributed by atoms with E-state index in [0.29, 0.717) is 71.1 Å². The first-order chi connectivity index (χ1) is 48.1. The summed E-state index contributed by atoms with van der Waals surface area (Å²) in [6.07, 6.45) is 4.05. The summed E-state index contributed by atoms with van der Waals surface area (Å²) in [5.41, 5.74) is 8.10. The molecular formula is C74H108N10O17. The van der Waals surface area contributed by atoms with Gasteiger partial charge in [0.1, 0.15) is 48.6 Å². The number of rotatable bonds is 33. The molecule has 2 heterocycles. The average Bonchev–Trinajstić information content (AvgIpc) is 1.78. The number of nitrogens with one attached hydrogen (secondary N) is 5. The Morgan fingerprint density at radius 1 is 0.505 bits per heavy atom. The van der Waals surface area contributed by atoms with Crippen LogP contribution < -0.4 is 32.3 Å². The lowest BCUT2D eigenvalue weighted by Gasteiger charge is -2.30. The molecule has 2 fully saturated rings. The van der Waals surface area contributed by atoms with E-state index in [9.17, 15) is 53.1 Å². The highest BCUT2D eigenvalue weighted by Gasteiger charge is 2.36. The van der Waals surface area contributed by atoms with E-state index in [1.807, 2.05) is 109 Å². The summed E-state index contributed by atoms with van der Waals surface area (Å²) >= 11 is 0. The molecule has 27 heteroatoms. The van der Waals surface area contributed by atoms with Gasteiger partial charge in [-0.3, -0.25) is 34.0 Å². The van der Waals surface area contributed by atoms with E-state index in [1.165, 1.54) is 38.8 Å². The van der Waals surface area contributed by atoms with Crippen molar-refractivity contribution in [3.8, 4) is 0 Å². The Labute approximate surface area is 594 Å². The number of methoxy groups -OCH3 is 2. The summed E-state index contributed by atoms with van der Waals surface area (Å²) in [4.78, 5) is 130. The predicted molar refractivity (Wildman–Crippen MR) is 379 cm³/mol. The van der Waals surface area contributed by atoms with Gasteiger partial charge < -0.3 is 65.8 Å². The number of carbonyl (C=O) groups is 10. The van der Waals surface area contributed by atoms with Crippen LogP contribution in [0.1, 0.15) is 141 Å². The van der Waals surface area contributed by atoms with Crippen molar-refractivity contribution in [2.24, 2.45) is 5.73 Å². The third-order valence-corrected chi connectivity index (χ3v) is 16.2. The topological polar surface area (TPSA) is 345 Å². The maximum atomic E-state index is 13.5. The van der Waals surface area contributed by atoms with Crippen LogP contribution in [0, 0.1) is 0 Å². The fraction of sp³-hybridized carbons (Fsp3) is 0.541. The van der Waals surface area contributed by atoms with Crippen LogP contribution in [0.5, 0.6) is 0 Å². The molecular weight excluding hydrogens is 1300 g/mol. The molecule has 0 unspecified atom stereocenters. The second-order valence-electron chi connectivity index (χ2n) is 26.6. The van der Waals surface area contributed by atoms with Crippen molar-refractivity contribution in [3.63, 3.8) is 0 Å². The zero-order valence-electron chi connectivity index (χ0n) is 60.4. The number of likely N-dealkylation sites (tertiary alicyclic amines) is 2. The first-order valence-electron chi connectivity index (χ1n) is 34.5. The Hall–Kier alpha value is -9.34. The molecule has 8 N–H and O–H groups in total. The van der Waals surface area contributed by atoms with Crippen LogP contribution in [-0.2, 0) is 83.5 Å². The van der Waals surface area contributed by atoms with Gasteiger partial charge in [-0.1, -0.05) is 121 Å². The standard InChI is InChI=1S/C37H53N5O8.C20H30N2O6.C17H25N3O3/c1-37(2,3)50-36(47)41(4)30(19-12-13-22-39-35(46)49-26-28-17-10-7-11-18-28)32(43)38-23-21-29(34(45)48-5)40-33(44)31-20-14-24-42(31)25-27-15-8-6-9-16-27;1-20(2,3)28-19(26)22(4)16(17(23)24)12-8-9-13-21-18(25)27-14-15-10-6-5-7-11-15;1-23-17(22)14(9-10-18)19-16(21)15-8-5-11-20(15)12-13-6-3-2-4-7-13/h6-11,15-18,29-31H,12-14,19-26H2,1-5H3,(H,38,43)(H,39,46)(H,40,44);5-7,10-11,16H,8-9,12-14H2,1-4H3,(H,21,25)(H,23,24);2-4,6-7,14-15H,5,8-12,18H2,1H3,(H,19,21)/t29-,30-,31-;16-;14-,15-/m000/s1. The molecule has 4 aromatic rings. The second-order valence-corrected chi connectivity index (χ2v) is 26.6. The fourth-order valence-electron chi connectivity index (χ4n) is 11.0. The van der Waals surface area contributed by atoms with Crippen molar-refractivity contribution in [2.45, 2.75) is 192 Å². The summed E-state index contributed by atoms with van der Waals surface area (Å²) in [5.74, 6) is -2.98. The van der Waals surface area contributed by atoms with Gasteiger partial charge in [-0.05, 0) is 160 Å². The Balaban J connectivity index is 0.000000356. The molecule has 0 aliphatic carbocycles. The molecule has 2 saturated heterocycles. The number of nitrogens with two attached hydrogens (primary N) is 1. The van der Waals surface area contributed by atoms with Crippen molar-refractivity contribution in [1.29, 1.82) is 0 Å². The van der Waals surface area contributed by atoms with Crippen LogP contribution in [0.15, 0.2) is 121 Å². The Morgan fingerprint density at radius 2 is 0.871 bits per heavy atom. The minimum atomic E-state index is -1.09.